The Balaban J connectivity index is 0.00000289. The van der Waals surface area contributed by atoms with E-state index >= 15 is 0 Å². The van der Waals surface area contributed by atoms with Gasteiger partial charge in [-0.1, -0.05) is 37.3 Å². The number of hydrogen-bond acceptors (Lipinski definition) is 6. The van der Waals surface area contributed by atoms with Crippen LogP contribution in [0.5, 0.6) is 0 Å². The van der Waals surface area contributed by atoms with Gasteiger partial charge in [-0.15, -0.1) is 22.6 Å². The minimum Gasteiger partial charge on any atom is -0.455 e. The summed E-state index contributed by atoms with van der Waals surface area (Å²) in [7, 11) is 1.63. The fraction of sp³-hybridized carbons (Fsp3) is 0.208. The third-order valence-corrected chi connectivity index (χ3v) is 6.56. The molecule has 3 heterocycles. The zero-order valence-electron chi connectivity index (χ0n) is 19.3. The number of benzene rings is 2. The first-order valence-corrected chi connectivity index (χ1v) is 11.6. The molecule has 35 heavy (non-hydrogen) atoms. The van der Waals surface area contributed by atoms with Gasteiger partial charge in [0.15, 0.2) is 0 Å². The van der Waals surface area contributed by atoms with Gasteiger partial charge < -0.3 is 14.3 Å². The van der Waals surface area contributed by atoms with Gasteiger partial charge in [0.05, 0.1) is 10.2 Å². The summed E-state index contributed by atoms with van der Waals surface area (Å²) >= 11 is 3.75. The number of carbonyl (C=O) groups excluding carboxylic acids is 1. The molecule has 2 aromatic carbocycles. The molecule has 11 heteroatoms. The number of nitrogens with one attached hydrogen (secondary N) is 2. The van der Waals surface area contributed by atoms with Crippen molar-refractivity contribution in [2.45, 2.75) is 26.8 Å². The highest BCUT2D eigenvalue weighted by Crippen LogP contribution is 2.41. The summed E-state index contributed by atoms with van der Waals surface area (Å²) in [6.07, 6.45) is 0.729. The molecule has 0 aliphatic rings. The number of furan rings is 1. The molecule has 5 aromatic rings. The van der Waals surface area contributed by atoms with E-state index in [0.717, 1.165) is 50.1 Å². The van der Waals surface area contributed by atoms with Crippen LogP contribution in [0.3, 0.4) is 0 Å². The van der Waals surface area contributed by atoms with Gasteiger partial charge >= 0.3 is 0 Å². The van der Waals surface area contributed by atoms with Gasteiger partial charge in [0.2, 0.25) is 5.82 Å². The molecular weight excluding hydrogens is 534 g/mol. The third-order valence-electron chi connectivity index (χ3n) is 5.77. The van der Waals surface area contributed by atoms with Crippen LogP contribution >= 0.6 is 28.3 Å². The molecular formula is C24H23BrClN7O2. The summed E-state index contributed by atoms with van der Waals surface area (Å²) in [6.45, 7) is 4.42. The lowest BCUT2D eigenvalue weighted by molar-refractivity contribution is 0.0953. The highest BCUT2D eigenvalue weighted by molar-refractivity contribution is 9.10. The fourth-order valence-electron chi connectivity index (χ4n) is 4.20. The Hall–Kier alpha value is -3.50. The van der Waals surface area contributed by atoms with E-state index in [1.165, 1.54) is 0 Å². The number of carbonyl (C=O) groups is 1. The Morgan fingerprint density at radius 1 is 1.20 bits per heavy atom. The SMILES string of the molecule is CCc1nc(C)c(C(=O)NC)n1Cc1ccc2oc(-c3ccccc3-c3nn[nH]n3)c(Br)c2c1.Cl. The summed E-state index contributed by atoms with van der Waals surface area (Å²) in [5, 5.41) is 18.1. The lowest BCUT2D eigenvalue weighted by atomic mass is 10.0. The zero-order valence-corrected chi connectivity index (χ0v) is 21.7. The van der Waals surface area contributed by atoms with Gasteiger partial charge in [0.1, 0.15) is 22.9 Å². The number of rotatable bonds is 6. The first kappa shape index (κ1) is 24.6. The molecule has 0 spiro atoms. The van der Waals surface area contributed by atoms with Crippen molar-refractivity contribution in [3.63, 3.8) is 0 Å². The number of aromatic amines is 1. The summed E-state index contributed by atoms with van der Waals surface area (Å²) in [5.74, 6) is 1.91. The number of fused-ring (bicyclic) bond motifs is 1. The average molecular weight is 557 g/mol. The molecule has 0 fully saturated rings. The Morgan fingerprint density at radius 2 is 1.97 bits per heavy atom. The van der Waals surface area contributed by atoms with Crippen LogP contribution in [0.4, 0.5) is 0 Å². The van der Waals surface area contributed by atoms with Crippen LogP contribution in [0.15, 0.2) is 51.4 Å². The van der Waals surface area contributed by atoms with E-state index in [2.05, 4.69) is 52.9 Å². The zero-order chi connectivity index (χ0) is 23.8. The third kappa shape index (κ3) is 4.35. The molecule has 0 aliphatic carbocycles. The number of hydrogen-bond donors (Lipinski definition) is 2. The molecule has 0 saturated heterocycles. The maximum Gasteiger partial charge on any atom is 0.269 e. The molecule has 3 aromatic heterocycles. The molecule has 0 radical (unpaired) electrons. The van der Waals surface area contributed by atoms with Crippen LogP contribution in [-0.2, 0) is 13.0 Å². The summed E-state index contributed by atoms with van der Waals surface area (Å²) in [6, 6.07) is 13.8. The maximum atomic E-state index is 12.5. The number of nitrogens with zero attached hydrogens (tertiary/aromatic N) is 5. The predicted octanol–water partition coefficient (Wildman–Crippen LogP) is 4.94. The van der Waals surface area contributed by atoms with Crippen LogP contribution < -0.4 is 5.32 Å². The monoisotopic (exact) mass is 555 g/mol. The van der Waals surface area contributed by atoms with Crippen molar-refractivity contribution in [3.05, 3.63) is 69.7 Å². The van der Waals surface area contributed by atoms with E-state index in [4.69, 9.17) is 4.42 Å². The van der Waals surface area contributed by atoms with E-state index in [1.54, 1.807) is 7.05 Å². The Morgan fingerprint density at radius 3 is 2.66 bits per heavy atom. The van der Waals surface area contributed by atoms with E-state index in [1.807, 2.05) is 54.8 Å². The topological polar surface area (TPSA) is 115 Å². The van der Waals surface area contributed by atoms with E-state index < -0.39 is 0 Å². The van der Waals surface area contributed by atoms with Crippen molar-refractivity contribution in [3.8, 4) is 22.7 Å². The summed E-state index contributed by atoms with van der Waals surface area (Å²) in [5.41, 5.74) is 4.76. The number of tetrazole rings is 1. The van der Waals surface area contributed by atoms with Gasteiger partial charge in [0, 0.05) is 36.5 Å². The predicted molar refractivity (Wildman–Crippen MR) is 139 cm³/mol. The Kier molecular flexibility index (Phi) is 7.04. The lowest BCUT2D eigenvalue weighted by Crippen LogP contribution is -2.23. The Labute approximate surface area is 215 Å². The van der Waals surface area contributed by atoms with Gasteiger partial charge in [0.25, 0.3) is 5.91 Å². The quantitative estimate of drug-likeness (QED) is 0.306. The molecule has 0 bridgehead atoms. The van der Waals surface area contributed by atoms with Crippen LogP contribution in [-0.4, -0.2) is 43.1 Å². The van der Waals surface area contributed by atoms with Gasteiger partial charge in [-0.2, -0.15) is 5.21 Å². The van der Waals surface area contributed by atoms with E-state index in [0.29, 0.717) is 23.8 Å². The smallest absolute Gasteiger partial charge is 0.269 e. The van der Waals surface area contributed by atoms with Crippen LogP contribution in [0, 0.1) is 6.92 Å². The van der Waals surface area contributed by atoms with Crippen molar-refractivity contribution >= 4 is 45.2 Å². The van der Waals surface area contributed by atoms with Gasteiger partial charge in [-0.25, -0.2) is 4.98 Å². The highest BCUT2D eigenvalue weighted by atomic mass is 79.9. The molecule has 0 atom stereocenters. The number of amides is 1. The molecule has 5 rings (SSSR count). The molecule has 9 nitrogen and oxygen atoms in total. The van der Waals surface area contributed by atoms with E-state index in [-0.39, 0.29) is 18.3 Å². The highest BCUT2D eigenvalue weighted by Gasteiger charge is 2.21. The van der Waals surface area contributed by atoms with Crippen LogP contribution in [0.2, 0.25) is 0 Å². The second-order valence-corrected chi connectivity index (χ2v) is 8.63. The standard InChI is InChI=1S/C24H22BrN7O2.ClH/c1-4-19-27-13(2)21(24(33)26-3)32(19)12-14-9-10-18-17(11-14)20(25)22(34-18)15-7-5-6-8-16(15)23-28-30-31-29-23;/h5-11H,4,12H2,1-3H3,(H,26,33)(H,28,29,30,31);1H. The minimum atomic E-state index is -0.143. The molecule has 2 N–H and O–H groups in total. The maximum absolute atomic E-state index is 12.5. The number of aryl methyl sites for hydroxylation is 2. The summed E-state index contributed by atoms with van der Waals surface area (Å²) < 4.78 is 9.06. The molecule has 0 unspecified atom stereocenters. The molecule has 0 saturated carbocycles. The van der Waals surface area contributed by atoms with Gasteiger partial charge in [-0.05, 0) is 45.8 Å². The summed E-state index contributed by atoms with van der Waals surface area (Å²) in [4.78, 5) is 17.1. The lowest BCUT2D eigenvalue weighted by Gasteiger charge is -2.11. The largest absolute Gasteiger partial charge is 0.455 e. The minimum absolute atomic E-state index is 0. The van der Waals surface area contributed by atoms with Crippen molar-refractivity contribution in [2.24, 2.45) is 0 Å². The fourth-order valence-corrected chi connectivity index (χ4v) is 4.80. The number of H-pyrrole nitrogens is 1. The molecule has 180 valence electrons. The normalized spacial score (nSPS) is 11.0. The second-order valence-electron chi connectivity index (χ2n) is 7.84. The van der Waals surface area contributed by atoms with Crippen molar-refractivity contribution < 1.29 is 9.21 Å². The van der Waals surface area contributed by atoms with Crippen LogP contribution in [0.1, 0.15) is 34.5 Å². The number of aromatic nitrogens is 6. The van der Waals surface area contributed by atoms with Crippen molar-refractivity contribution in [1.82, 2.24) is 35.5 Å². The average Bonchev–Trinajstić information content (AvgIpc) is 3.57. The van der Waals surface area contributed by atoms with Crippen LogP contribution in [0.25, 0.3) is 33.7 Å². The first-order valence-electron chi connectivity index (χ1n) is 10.8. The van der Waals surface area contributed by atoms with Gasteiger partial charge in [-0.3, -0.25) is 4.79 Å². The molecule has 1 amide bonds. The Bertz CT molecular complexity index is 1510. The number of imidazole rings is 1. The first-order chi connectivity index (χ1) is 16.5. The second kappa shape index (κ2) is 10.0. The van der Waals surface area contributed by atoms with Crippen molar-refractivity contribution in [1.29, 1.82) is 0 Å². The van der Waals surface area contributed by atoms with E-state index in [9.17, 15) is 4.79 Å². The number of halogens is 2. The molecule has 0 aliphatic heterocycles. The van der Waals surface area contributed by atoms with Crippen molar-refractivity contribution in [2.75, 3.05) is 7.05 Å².